The van der Waals surface area contributed by atoms with Crippen LogP contribution in [0.5, 0.6) is 0 Å². The lowest BCUT2D eigenvalue weighted by molar-refractivity contribution is 1.18. The van der Waals surface area contributed by atoms with Crippen molar-refractivity contribution >= 4 is 38.9 Å². The first-order chi connectivity index (χ1) is 15.9. The summed E-state index contributed by atoms with van der Waals surface area (Å²) in [6.45, 7) is 0. The summed E-state index contributed by atoms with van der Waals surface area (Å²) in [5, 5.41) is 2.51. The number of nitrogens with zero attached hydrogens (tertiary/aromatic N) is 2. The molecule has 0 atom stereocenters. The Morgan fingerprint density at radius 3 is 1.59 bits per heavy atom. The second-order valence-electron chi connectivity index (χ2n) is 7.90. The second kappa shape index (κ2) is 7.75. The molecule has 6 aromatic rings. The zero-order chi connectivity index (χ0) is 21.3. The lowest BCUT2D eigenvalue weighted by Gasteiger charge is -2.25. The number of fused-ring (bicyclic) bond motifs is 3. The third-order valence-corrected chi connectivity index (χ3v) is 5.96. The molecule has 6 rings (SSSR count). The molecule has 0 bridgehead atoms. The monoisotopic (exact) mass is 410 g/mol. The molecular weight excluding hydrogens is 388 g/mol. The van der Waals surface area contributed by atoms with Gasteiger partial charge in [-0.25, -0.2) is 0 Å². The Labute approximate surface area is 187 Å². The normalized spacial score (nSPS) is 11.1. The summed E-state index contributed by atoms with van der Waals surface area (Å²) in [6, 6.07) is 47.1. The minimum atomic E-state index is 1.14. The van der Waals surface area contributed by atoms with Crippen molar-refractivity contribution < 1.29 is 0 Å². The summed E-state index contributed by atoms with van der Waals surface area (Å²) in [5.41, 5.74) is 7.04. The van der Waals surface area contributed by atoms with E-state index in [0.717, 1.165) is 17.1 Å². The van der Waals surface area contributed by atoms with Crippen molar-refractivity contribution in [3.63, 3.8) is 0 Å². The van der Waals surface area contributed by atoms with Crippen LogP contribution in [-0.2, 0) is 0 Å². The molecule has 0 amide bonds. The van der Waals surface area contributed by atoms with Crippen LogP contribution >= 0.6 is 0 Å². The number of rotatable bonds is 4. The largest absolute Gasteiger partial charge is 0.310 e. The fraction of sp³-hybridized carbons (Fsp3) is 0. The van der Waals surface area contributed by atoms with Crippen LogP contribution in [0.4, 0.5) is 17.1 Å². The number of benzene rings is 5. The summed E-state index contributed by atoms with van der Waals surface area (Å²) >= 11 is 0. The predicted octanol–water partition coefficient (Wildman–Crippen LogP) is 8.25. The van der Waals surface area contributed by atoms with Gasteiger partial charge in [0.05, 0.1) is 11.0 Å². The van der Waals surface area contributed by atoms with E-state index in [0.29, 0.717) is 0 Å². The maximum absolute atomic E-state index is 2.35. The van der Waals surface area contributed by atoms with Gasteiger partial charge in [0.15, 0.2) is 0 Å². The number of para-hydroxylation sites is 4. The summed E-state index contributed by atoms with van der Waals surface area (Å²) in [5.74, 6) is 0. The van der Waals surface area contributed by atoms with Crippen LogP contribution in [0, 0.1) is 0 Å². The molecule has 0 aliphatic carbocycles. The van der Waals surface area contributed by atoms with Crippen LogP contribution in [0.2, 0.25) is 0 Å². The van der Waals surface area contributed by atoms with E-state index in [1.807, 2.05) is 0 Å². The van der Waals surface area contributed by atoms with E-state index < -0.39 is 0 Å². The average Bonchev–Trinajstić information content (AvgIpc) is 3.20. The van der Waals surface area contributed by atoms with E-state index in [-0.39, 0.29) is 0 Å². The Bertz CT molecular complexity index is 1460. The molecule has 152 valence electrons. The van der Waals surface area contributed by atoms with E-state index in [1.54, 1.807) is 0 Å². The number of hydrogen-bond donors (Lipinski definition) is 0. The second-order valence-corrected chi connectivity index (χ2v) is 7.90. The Morgan fingerprint density at radius 1 is 0.406 bits per heavy atom. The molecule has 2 nitrogen and oxygen atoms in total. The highest BCUT2D eigenvalue weighted by molar-refractivity contribution is 6.10. The van der Waals surface area contributed by atoms with E-state index in [4.69, 9.17) is 0 Å². The van der Waals surface area contributed by atoms with Gasteiger partial charge >= 0.3 is 0 Å². The van der Waals surface area contributed by atoms with E-state index in [9.17, 15) is 0 Å². The zero-order valence-electron chi connectivity index (χ0n) is 17.6. The van der Waals surface area contributed by atoms with Crippen LogP contribution < -0.4 is 4.90 Å². The molecule has 2 heteroatoms. The average molecular weight is 411 g/mol. The molecule has 0 aliphatic rings. The van der Waals surface area contributed by atoms with Gasteiger partial charge in [-0.15, -0.1) is 0 Å². The molecular formula is C30H22N2. The minimum Gasteiger partial charge on any atom is -0.310 e. The van der Waals surface area contributed by atoms with Gasteiger partial charge in [0.1, 0.15) is 0 Å². The van der Waals surface area contributed by atoms with E-state index in [2.05, 4.69) is 143 Å². The van der Waals surface area contributed by atoms with Gasteiger partial charge in [0.25, 0.3) is 0 Å². The van der Waals surface area contributed by atoms with Crippen molar-refractivity contribution in [1.29, 1.82) is 0 Å². The summed E-state index contributed by atoms with van der Waals surface area (Å²) in [7, 11) is 0. The van der Waals surface area contributed by atoms with Crippen LogP contribution in [-0.4, -0.2) is 4.57 Å². The third-order valence-electron chi connectivity index (χ3n) is 5.96. The first-order valence-corrected chi connectivity index (χ1v) is 10.9. The molecule has 0 aliphatic heterocycles. The SMILES string of the molecule is c1ccc(N(c2ccccc2)c2ccc3c(c2)c2ccccc2n3-c2ccccc2)cc1. The molecule has 0 N–H and O–H groups in total. The summed E-state index contributed by atoms with van der Waals surface area (Å²) < 4.78 is 2.35. The van der Waals surface area contributed by atoms with Crippen molar-refractivity contribution in [1.82, 2.24) is 4.57 Å². The molecule has 0 saturated carbocycles. The Balaban J connectivity index is 1.62. The quantitative estimate of drug-likeness (QED) is 0.284. The topological polar surface area (TPSA) is 8.17 Å². The van der Waals surface area contributed by atoms with Gasteiger partial charge in [-0.05, 0) is 60.7 Å². The Kier molecular flexibility index (Phi) is 4.47. The molecule has 0 radical (unpaired) electrons. The molecule has 5 aromatic carbocycles. The van der Waals surface area contributed by atoms with Crippen molar-refractivity contribution in [3.05, 3.63) is 133 Å². The lowest BCUT2D eigenvalue weighted by Crippen LogP contribution is -2.09. The molecule has 32 heavy (non-hydrogen) atoms. The van der Waals surface area contributed by atoms with Crippen molar-refractivity contribution in [2.45, 2.75) is 0 Å². The number of aromatic nitrogens is 1. The molecule has 0 fully saturated rings. The predicted molar refractivity (Wildman–Crippen MR) is 135 cm³/mol. The van der Waals surface area contributed by atoms with Crippen molar-refractivity contribution in [3.8, 4) is 5.69 Å². The van der Waals surface area contributed by atoms with Gasteiger partial charge in [0.2, 0.25) is 0 Å². The molecule has 1 heterocycles. The summed E-state index contributed by atoms with van der Waals surface area (Å²) in [6.07, 6.45) is 0. The lowest BCUT2D eigenvalue weighted by atomic mass is 10.1. The van der Waals surface area contributed by atoms with Crippen molar-refractivity contribution in [2.24, 2.45) is 0 Å². The number of hydrogen-bond acceptors (Lipinski definition) is 1. The zero-order valence-corrected chi connectivity index (χ0v) is 17.6. The van der Waals surface area contributed by atoms with E-state index >= 15 is 0 Å². The molecule has 0 unspecified atom stereocenters. The van der Waals surface area contributed by atoms with Gasteiger partial charge in [-0.3, -0.25) is 0 Å². The fourth-order valence-electron chi connectivity index (χ4n) is 4.56. The van der Waals surface area contributed by atoms with Crippen LogP contribution in [0.1, 0.15) is 0 Å². The van der Waals surface area contributed by atoms with Gasteiger partial charge in [-0.1, -0.05) is 72.8 Å². The maximum Gasteiger partial charge on any atom is 0.0542 e. The van der Waals surface area contributed by atoms with Crippen LogP contribution in [0.25, 0.3) is 27.5 Å². The van der Waals surface area contributed by atoms with E-state index in [1.165, 1.54) is 27.5 Å². The van der Waals surface area contributed by atoms with Crippen LogP contribution in [0.15, 0.2) is 133 Å². The van der Waals surface area contributed by atoms with Gasteiger partial charge in [-0.2, -0.15) is 0 Å². The highest BCUT2D eigenvalue weighted by Crippen LogP contribution is 2.39. The van der Waals surface area contributed by atoms with Gasteiger partial charge in [0, 0.05) is 33.5 Å². The number of anilines is 3. The maximum atomic E-state index is 2.35. The minimum absolute atomic E-state index is 1.14. The fourth-order valence-corrected chi connectivity index (χ4v) is 4.56. The van der Waals surface area contributed by atoms with Gasteiger partial charge < -0.3 is 9.47 Å². The molecule has 0 saturated heterocycles. The first-order valence-electron chi connectivity index (χ1n) is 10.9. The highest BCUT2D eigenvalue weighted by Gasteiger charge is 2.16. The highest BCUT2D eigenvalue weighted by atomic mass is 15.1. The molecule has 1 aromatic heterocycles. The standard InChI is InChI=1S/C30H22N2/c1-4-12-23(13-5-1)31(24-14-6-2-7-15-24)26-20-21-30-28(22-26)27-18-10-11-19-29(27)32(30)25-16-8-3-9-17-25/h1-22H. The molecule has 0 spiro atoms. The Hall–Kier alpha value is -4.30. The summed E-state index contributed by atoms with van der Waals surface area (Å²) in [4.78, 5) is 2.31. The Morgan fingerprint density at radius 2 is 0.938 bits per heavy atom. The third kappa shape index (κ3) is 3.05. The first kappa shape index (κ1) is 18.5. The van der Waals surface area contributed by atoms with Crippen LogP contribution in [0.3, 0.4) is 0 Å². The van der Waals surface area contributed by atoms with Crippen molar-refractivity contribution in [2.75, 3.05) is 4.90 Å². The smallest absolute Gasteiger partial charge is 0.0542 e.